The number of amides is 1. The number of hydrogen-bond donors (Lipinski definition) is 2. The molecule has 0 aliphatic carbocycles. The van der Waals surface area contributed by atoms with E-state index in [0.29, 0.717) is 16.7 Å². The average molecular weight is 328 g/mol. The molecule has 1 aromatic carbocycles. The van der Waals surface area contributed by atoms with E-state index < -0.39 is 4.92 Å². The minimum absolute atomic E-state index is 0.0560. The average Bonchev–Trinajstić information content (AvgIpc) is 2.41. The Kier molecular flexibility index (Phi) is 4.49. The van der Waals surface area contributed by atoms with Crippen LogP contribution in [-0.2, 0) is 4.79 Å². The Morgan fingerprint density at radius 2 is 2.32 bits per heavy atom. The van der Waals surface area contributed by atoms with E-state index in [2.05, 4.69) is 26.6 Å². The van der Waals surface area contributed by atoms with Crippen molar-refractivity contribution in [1.82, 2.24) is 5.32 Å². The van der Waals surface area contributed by atoms with E-state index in [9.17, 15) is 14.9 Å². The fourth-order valence-corrected chi connectivity index (χ4v) is 2.44. The Labute approximate surface area is 118 Å². The third-order valence-corrected chi connectivity index (χ3v) is 3.75. The van der Waals surface area contributed by atoms with Crippen molar-refractivity contribution in [2.45, 2.75) is 12.8 Å². The molecular formula is C12H14BrN3O3. The normalized spacial score (nSPS) is 18.9. The molecule has 1 atom stereocenters. The van der Waals surface area contributed by atoms with E-state index in [1.807, 2.05) is 0 Å². The van der Waals surface area contributed by atoms with Gasteiger partial charge in [0.25, 0.3) is 5.69 Å². The molecule has 6 nitrogen and oxygen atoms in total. The summed E-state index contributed by atoms with van der Waals surface area (Å²) < 4.78 is 0.398. The van der Waals surface area contributed by atoms with E-state index in [1.165, 1.54) is 6.07 Å². The highest BCUT2D eigenvalue weighted by molar-refractivity contribution is 9.10. The predicted octanol–water partition coefficient (Wildman–Crippen LogP) is 2.30. The quantitative estimate of drug-likeness (QED) is 0.659. The molecule has 1 aromatic rings. The molecule has 0 bridgehead atoms. The first-order chi connectivity index (χ1) is 9.08. The van der Waals surface area contributed by atoms with Gasteiger partial charge < -0.3 is 10.6 Å². The molecule has 1 aliphatic rings. The van der Waals surface area contributed by atoms with Crippen LogP contribution in [0.3, 0.4) is 0 Å². The minimum Gasteiger partial charge on any atom is -0.326 e. The molecule has 1 amide bonds. The fraction of sp³-hybridized carbons (Fsp3) is 0.417. The van der Waals surface area contributed by atoms with E-state index >= 15 is 0 Å². The monoisotopic (exact) mass is 327 g/mol. The molecule has 1 heterocycles. The summed E-state index contributed by atoms with van der Waals surface area (Å²) in [6, 6.07) is 4.57. The summed E-state index contributed by atoms with van der Waals surface area (Å²) in [5.41, 5.74) is 0.394. The number of nitro groups is 1. The van der Waals surface area contributed by atoms with Crippen LogP contribution >= 0.6 is 15.9 Å². The summed E-state index contributed by atoms with van der Waals surface area (Å²) >= 11 is 3.11. The van der Waals surface area contributed by atoms with Crippen molar-refractivity contribution in [3.05, 3.63) is 32.8 Å². The largest absolute Gasteiger partial charge is 0.326 e. The third-order valence-electron chi connectivity index (χ3n) is 3.08. The first kappa shape index (κ1) is 14.0. The van der Waals surface area contributed by atoms with Crippen LogP contribution in [0.5, 0.6) is 0 Å². The van der Waals surface area contributed by atoms with Crippen molar-refractivity contribution in [1.29, 1.82) is 0 Å². The Bertz CT molecular complexity index is 501. The van der Waals surface area contributed by atoms with E-state index in [0.717, 1.165) is 19.4 Å². The van der Waals surface area contributed by atoms with Crippen molar-refractivity contribution in [2.75, 3.05) is 18.4 Å². The molecule has 1 aliphatic heterocycles. The van der Waals surface area contributed by atoms with Gasteiger partial charge in [-0.3, -0.25) is 14.9 Å². The van der Waals surface area contributed by atoms with Crippen LogP contribution in [-0.4, -0.2) is 23.9 Å². The summed E-state index contributed by atoms with van der Waals surface area (Å²) in [4.78, 5) is 22.3. The Morgan fingerprint density at radius 3 is 2.95 bits per heavy atom. The molecule has 1 fully saturated rings. The van der Waals surface area contributed by atoms with Crippen LogP contribution in [0.15, 0.2) is 22.7 Å². The van der Waals surface area contributed by atoms with Crippen molar-refractivity contribution >= 4 is 33.2 Å². The summed E-state index contributed by atoms with van der Waals surface area (Å²) in [6.45, 7) is 1.60. The molecule has 19 heavy (non-hydrogen) atoms. The van der Waals surface area contributed by atoms with E-state index in [1.54, 1.807) is 12.1 Å². The van der Waals surface area contributed by atoms with Crippen LogP contribution in [0.4, 0.5) is 11.4 Å². The molecule has 2 N–H and O–H groups in total. The number of piperidine rings is 1. The number of anilines is 1. The van der Waals surface area contributed by atoms with Crippen molar-refractivity contribution in [3.8, 4) is 0 Å². The van der Waals surface area contributed by atoms with Crippen LogP contribution in [0.25, 0.3) is 0 Å². The summed E-state index contributed by atoms with van der Waals surface area (Å²) in [5, 5.41) is 16.7. The lowest BCUT2D eigenvalue weighted by Gasteiger charge is -2.21. The molecule has 102 valence electrons. The number of hydrogen-bond acceptors (Lipinski definition) is 4. The zero-order valence-electron chi connectivity index (χ0n) is 10.2. The molecular weight excluding hydrogens is 314 g/mol. The standard InChI is InChI=1S/C12H14BrN3O3/c13-10-4-3-9(6-11(10)16(18)19)15-12(17)8-2-1-5-14-7-8/h3-4,6,8,14H,1-2,5,7H2,(H,15,17)/t8-/m0/s1. The Balaban J connectivity index is 2.08. The fourth-order valence-electron chi connectivity index (χ4n) is 2.05. The zero-order chi connectivity index (χ0) is 13.8. The molecule has 0 radical (unpaired) electrons. The van der Waals surface area contributed by atoms with Gasteiger partial charge in [-0.2, -0.15) is 0 Å². The number of nitrogens with one attached hydrogen (secondary N) is 2. The molecule has 0 saturated carbocycles. The SMILES string of the molecule is O=C(Nc1ccc(Br)c([N+](=O)[O-])c1)[C@H]1CCCNC1. The summed E-state index contributed by atoms with van der Waals surface area (Å²) in [5.74, 6) is -0.166. The molecule has 7 heteroatoms. The molecule has 0 spiro atoms. The number of nitro benzene ring substituents is 1. The minimum atomic E-state index is -0.484. The number of carbonyl (C=O) groups is 1. The third kappa shape index (κ3) is 3.51. The second kappa shape index (κ2) is 6.12. The maximum atomic E-state index is 12.0. The maximum Gasteiger partial charge on any atom is 0.285 e. The van der Waals surface area contributed by atoms with Gasteiger partial charge in [0.1, 0.15) is 0 Å². The first-order valence-corrected chi connectivity index (χ1v) is 6.83. The van der Waals surface area contributed by atoms with Gasteiger partial charge in [-0.05, 0) is 47.4 Å². The van der Waals surface area contributed by atoms with Gasteiger partial charge in [0.05, 0.1) is 15.3 Å². The Hall–Kier alpha value is -1.47. The van der Waals surface area contributed by atoms with Crippen molar-refractivity contribution in [3.63, 3.8) is 0 Å². The highest BCUT2D eigenvalue weighted by Gasteiger charge is 2.21. The second-order valence-electron chi connectivity index (χ2n) is 4.46. The highest BCUT2D eigenvalue weighted by Crippen LogP contribution is 2.28. The van der Waals surface area contributed by atoms with Gasteiger partial charge in [-0.25, -0.2) is 0 Å². The number of rotatable bonds is 3. The highest BCUT2D eigenvalue weighted by atomic mass is 79.9. The lowest BCUT2D eigenvalue weighted by atomic mass is 9.99. The number of nitrogens with zero attached hydrogens (tertiary/aromatic N) is 1. The van der Waals surface area contributed by atoms with E-state index in [-0.39, 0.29) is 17.5 Å². The number of benzene rings is 1. The predicted molar refractivity (Wildman–Crippen MR) is 75.0 cm³/mol. The zero-order valence-corrected chi connectivity index (χ0v) is 11.8. The van der Waals surface area contributed by atoms with Crippen LogP contribution < -0.4 is 10.6 Å². The summed E-state index contributed by atoms with van der Waals surface area (Å²) in [6.07, 6.45) is 1.82. The molecule has 1 saturated heterocycles. The number of carbonyl (C=O) groups excluding carboxylic acids is 1. The van der Waals surface area contributed by atoms with E-state index in [4.69, 9.17) is 0 Å². The van der Waals surface area contributed by atoms with Crippen molar-refractivity contribution in [2.24, 2.45) is 5.92 Å². The lowest BCUT2D eigenvalue weighted by molar-refractivity contribution is -0.385. The van der Waals surface area contributed by atoms with Gasteiger partial charge in [-0.1, -0.05) is 0 Å². The molecule has 2 rings (SSSR count). The van der Waals surface area contributed by atoms with Gasteiger partial charge in [0.2, 0.25) is 5.91 Å². The van der Waals surface area contributed by atoms with Crippen LogP contribution in [0.1, 0.15) is 12.8 Å². The van der Waals surface area contributed by atoms with Crippen LogP contribution in [0, 0.1) is 16.0 Å². The maximum absolute atomic E-state index is 12.0. The molecule has 0 aromatic heterocycles. The topological polar surface area (TPSA) is 84.3 Å². The molecule has 0 unspecified atom stereocenters. The second-order valence-corrected chi connectivity index (χ2v) is 5.31. The van der Waals surface area contributed by atoms with Gasteiger partial charge >= 0.3 is 0 Å². The first-order valence-electron chi connectivity index (χ1n) is 6.03. The van der Waals surface area contributed by atoms with Gasteiger partial charge in [0.15, 0.2) is 0 Å². The number of halogens is 1. The Morgan fingerprint density at radius 1 is 1.53 bits per heavy atom. The van der Waals surface area contributed by atoms with Crippen LogP contribution in [0.2, 0.25) is 0 Å². The van der Waals surface area contributed by atoms with Gasteiger partial charge in [0, 0.05) is 18.3 Å². The lowest BCUT2D eigenvalue weighted by Crippen LogP contribution is -2.37. The smallest absolute Gasteiger partial charge is 0.285 e. The summed E-state index contributed by atoms with van der Waals surface area (Å²) in [7, 11) is 0. The van der Waals surface area contributed by atoms with Gasteiger partial charge in [-0.15, -0.1) is 0 Å². The van der Waals surface area contributed by atoms with Crippen molar-refractivity contribution < 1.29 is 9.72 Å².